The first-order chi connectivity index (χ1) is 15.2. The molecule has 0 radical (unpaired) electrons. The Balaban J connectivity index is 1.63. The summed E-state index contributed by atoms with van der Waals surface area (Å²) in [6.45, 7) is 6.98. The second kappa shape index (κ2) is 10.3. The maximum absolute atomic E-state index is 13.0. The first-order valence-electron chi connectivity index (χ1n) is 10.8. The van der Waals surface area contributed by atoms with Crippen LogP contribution in [-0.4, -0.2) is 50.8 Å². The number of hydrogen-bond acceptors (Lipinski definition) is 5. The van der Waals surface area contributed by atoms with Gasteiger partial charge in [0, 0.05) is 25.3 Å². The van der Waals surface area contributed by atoms with Crippen LogP contribution < -0.4 is 4.90 Å². The highest BCUT2D eigenvalue weighted by atomic mass is 32.2. The molecule has 0 bridgehead atoms. The van der Waals surface area contributed by atoms with Crippen molar-refractivity contribution in [3.05, 3.63) is 60.2 Å². The molecular formula is C24H30N2O5S. The third kappa shape index (κ3) is 5.55. The highest BCUT2D eigenvalue weighted by Gasteiger charge is 2.31. The van der Waals surface area contributed by atoms with Crippen LogP contribution in [-0.2, 0) is 19.6 Å². The summed E-state index contributed by atoms with van der Waals surface area (Å²) in [7, 11) is -3.62. The minimum atomic E-state index is -3.62. The molecule has 8 heteroatoms. The Morgan fingerprint density at radius 1 is 1.00 bits per heavy atom. The number of esters is 1. The van der Waals surface area contributed by atoms with E-state index >= 15 is 0 Å². The van der Waals surface area contributed by atoms with Crippen molar-refractivity contribution in [2.24, 2.45) is 11.8 Å². The SMILES string of the molecule is CCN(C(=O)COC(=O)c1ccc(S(=O)(=O)N2C[C@H](C)C[C@H](C)C2)cc1)c1ccccc1. The zero-order chi connectivity index (χ0) is 23.3. The Labute approximate surface area is 190 Å². The smallest absolute Gasteiger partial charge is 0.338 e. The predicted octanol–water partition coefficient (Wildman–Crippen LogP) is 3.56. The Morgan fingerprint density at radius 3 is 2.16 bits per heavy atom. The molecule has 172 valence electrons. The first-order valence-corrected chi connectivity index (χ1v) is 12.3. The van der Waals surface area contributed by atoms with Crippen LogP contribution in [0, 0.1) is 11.8 Å². The first kappa shape index (κ1) is 23.9. The van der Waals surface area contributed by atoms with Gasteiger partial charge in [-0.15, -0.1) is 0 Å². The van der Waals surface area contributed by atoms with Crippen molar-refractivity contribution in [2.75, 3.05) is 31.1 Å². The monoisotopic (exact) mass is 458 g/mol. The van der Waals surface area contributed by atoms with Gasteiger partial charge in [0.25, 0.3) is 5.91 Å². The summed E-state index contributed by atoms with van der Waals surface area (Å²) >= 11 is 0. The van der Waals surface area contributed by atoms with Crippen LogP contribution >= 0.6 is 0 Å². The van der Waals surface area contributed by atoms with Crippen molar-refractivity contribution in [3.8, 4) is 0 Å². The quantitative estimate of drug-likeness (QED) is 0.593. The highest BCUT2D eigenvalue weighted by molar-refractivity contribution is 7.89. The van der Waals surface area contributed by atoms with Gasteiger partial charge >= 0.3 is 5.97 Å². The molecule has 1 heterocycles. The number of rotatable bonds is 7. The number of anilines is 1. The van der Waals surface area contributed by atoms with Crippen molar-refractivity contribution in [2.45, 2.75) is 32.1 Å². The summed E-state index contributed by atoms with van der Waals surface area (Å²) in [6, 6.07) is 14.8. The number of piperidine rings is 1. The number of ether oxygens (including phenoxy) is 1. The van der Waals surface area contributed by atoms with Gasteiger partial charge in [-0.05, 0) is 61.6 Å². The van der Waals surface area contributed by atoms with Gasteiger partial charge in [-0.2, -0.15) is 4.31 Å². The molecule has 0 N–H and O–H groups in total. The fourth-order valence-corrected chi connectivity index (χ4v) is 5.79. The number of nitrogens with zero attached hydrogens (tertiary/aromatic N) is 2. The zero-order valence-electron chi connectivity index (χ0n) is 18.7. The lowest BCUT2D eigenvalue weighted by atomic mass is 9.94. The van der Waals surface area contributed by atoms with Crippen molar-refractivity contribution in [3.63, 3.8) is 0 Å². The van der Waals surface area contributed by atoms with E-state index in [2.05, 4.69) is 13.8 Å². The van der Waals surface area contributed by atoms with Crippen molar-refractivity contribution in [1.82, 2.24) is 4.31 Å². The van der Waals surface area contributed by atoms with Crippen LogP contribution in [0.4, 0.5) is 5.69 Å². The van der Waals surface area contributed by atoms with Crippen LogP contribution in [0.1, 0.15) is 37.6 Å². The second-order valence-electron chi connectivity index (χ2n) is 8.34. The van der Waals surface area contributed by atoms with Crippen molar-refractivity contribution < 1.29 is 22.7 Å². The summed E-state index contributed by atoms with van der Waals surface area (Å²) in [5.41, 5.74) is 0.923. The molecule has 1 aliphatic heterocycles. The normalized spacial score (nSPS) is 19.3. The average molecular weight is 459 g/mol. The van der Waals surface area contributed by atoms with E-state index in [0.717, 1.165) is 12.1 Å². The van der Waals surface area contributed by atoms with E-state index in [1.54, 1.807) is 0 Å². The summed E-state index contributed by atoms with van der Waals surface area (Å²) in [6.07, 6.45) is 1.01. The molecule has 0 spiro atoms. The molecule has 0 aliphatic carbocycles. The lowest BCUT2D eigenvalue weighted by molar-refractivity contribution is -0.121. The Morgan fingerprint density at radius 2 is 1.59 bits per heavy atom. The minimum Gasteiger partial charge on any atom is -0.452 e. The number of carbonyl (C=O) groups is 2. The molecule has 1 saturated heterocycles. The van der Waals surface area contributed by atoms with Gasteiger partial charge in [-0.1, -0.05) is 32.0 Å². The number of para-hydroxylation sites is 1. The summed E-state index contributed by atoms with van der Waals surface area (Å²) < 4.78 is 32.6. The van der Waals surface area contributed by atoms with E-state index in [1.165, 1.54) is 33.5 Å². The van der Waals surface area contributed by atoms with Crippen LogP contribution in [0.3, 0.4) is 0 Å². The molecule has 7 nitrogen and oxygen atoms in total. The van der Waals surface area contributed by atoms with E-state index in [1.807, 2.05) is 37.3 Å². The molecule has 1 aliphatic rings. The van der Waals surface area contributed by atoms with E-state index in [0.29, 0.717) is 31.5 Å². The fraction of sp³-hybridized carbons (Fsp3) is 0.417. The molecule has 3 rings (SSSR count). The van der Waals surface area contributed by atoms with Gasteiger partial charge < -0.3 is 9.64 Å². The Kier molecular flexibility index (Phi) is 7.69. The maximum Gasteiger partial charge on any atom is 0.338 e. The van der Waals surface area contributed by atoms with Gasteiger partial charge in [0.2, 0.25) is 10.0 Å². The molecule has 0 unspecified atom stereocenters. The predicted molar refractivity (Wildman–Crippen MR) is 123 cm³/mol. The maximum atomic E-state index is 13.0. The van der Waals surface area contributed by atoms with Crippen LogP contribution in [0.25, 0.3) is 0 Å². The largest absolute Gasteiger partial charge is 0.452 e. The topological polar surface area (TPSA) is 84.0 Å². The molecule has 2 aromatic rings. The second-order valence-corrected chi connectivity index (χ2v) is 10.3. The Hall–Kier alpha value is -2.71. The van der Waals surface area contributed by atoms with Crippen LogP contribution in [0.5, 0.6) is 0 Å². The van der Waals surface area contributed by atoms with Crippen LogP contribution in [0.2, 0.25) is 0 Å². The van der Waals surface area contributed by atoms with Crippen molar-refractivity contribution in [1.29, 1.82) is 0 Å². The lowest BCUT2D eigenvalue weighted by Gasteiger charge is -2.34. The van der Waals surface area contributed by atoms with Gasteiger partial charge in [-0.25, -0.2) is 13.2 Å². The molecule has 2 atom stereocenters. The number of sulfonamides is 1. The van der Waals surface area contributed by atoms with Gasteiger partial charge in [-0.3, -0.25) is 4.79 Å². The van der Waals surface area contributed by atoms with E-state index in [9.17, 15) is 18.0 Å². The molecule has 1 fully saturated rings. The van der Waals surface area contributed by atoms with E-state index < -0.39 is 22.6 Å². The molecule has 32 heavy (non-hydrogen) atoms. The minimum absolute atomic E-state index is 0.146. The number of likely N-dealkylation sites (N-methyl/N-ethyl adjacent to an activating group) is 1. The van der Waals surface area contributed by atoms with E-state index in [4.69, 9.17) is 4.74 Å². The van der Waals surface area contributed by atoms with Gasteiger partial charge in [0.05, 0.1) is 10.5 Å². The third-order valence-electron chi connectivity index (χ3n) is 5.58. The number of hydrogen-bond donors (Lipinski definition) is 0. The molecule has 0 aromatic heterocycles. The van der Waals surface area contributed by atoms with Gasteiger partial charge in [0.15, 0.2) is 6.61 Å². The number of benzene rings is 2. The zero-order valence-corrected chi connectivity index (χ0v) is 19.5. The van der Waals surface area contributed by atoms with Crippen molar-refractivity contribution >= 4 is 27.6 Å². The average Bonchev–Trinajstić information content (AvgIpc) is 2.78. The summed E-state index contributed by atoms with van der Waals surface area (Å²) in [5, 5.41) is 0. The summed E-state index contributed by atoms with van der Waals surface area (Å²) in [4.78, 5) is 26.6. The molecule has 2 aromatic carbocycles. The molecule has 0 saturated carbocycles. The molecular weight excluding hydrogens is 428 g/mol. The fourth-order valence-electron chi connectivity index (χ4n) is 4.11. The third-order valence-corrected chi connectivity index (χ3v) is 7.42. The number of amides is 1. The lowest BCUT2D eigenvalue weighted by Crippen LogP contribution is -2.42. The van der Waals surface area contributed by atoms with Crippen LogP contribution in [0.15, 0.2) is 59.5 Å². The highest BCUT2D eigenvalue weighted by Crippen LogP contribution is 2.26. The van der Waals surface area contributed by atoms with E-state index in [-0.39, 0.29) is 16.4 Å². The summed E-state index contributed by atoms with van der Waals surface area (Å²) in [5.74, 6) is -0.399. The molecule has 1 amide bonds. The standard InChI is InChI=1S/C24H30N2O5S/c1-4-26(21-8-6-5-7-9-21)23(27)17-31-24(28)20-10-12-22(13-11-20)32(29,30)25-15-18(2)14-19(3)16-25/h5-13,18-19H,4,14-17H2,1-3H3/t18-,19+. The Bertz CT molecular complexity index is 1030. The van der Waals surface area contributed by atoms with Gasteiger partial charge in [0.1, 0.15) is 0 Å². The number of carbonyl (C=O) groups excluding carboxylic acids is 2.